The fourth-order valence-electron chi connectivity index (χ4n) is 4.39. The normalized spacial score (nSPS) is 20.2. The van der Waals surface area contributed by atoms with Crippen molar-refractivity contribution in [2.75, 3.05) is 24.7 Å². The monoisotopic (exact) mass is 591 g/mol. The van der Waals surface area contributed by atoms with Gasteiger partial charge in [0.25, 0.3) is 5.91 Å². The summed E-state index contributed by atoms with van der Waals surface area (Å²) in [6.07, 6.45) is 3.52. The highest BCUT2D eigenvalue weighted by molar-refractivity contribution is 7.91. The lowest BCUT2D eigenvalue weighted by Gasteiger charge is -2.35. The first-order valence-corrected chi connectivity index (χ1v) is 15.0. The van der Waals surface area contributed by atoms with Gasteiger partial charge in [0.1, 0.15) is 21.4 Å². The molecule has 0 atom stereocenters. The Balaban J connectivity index is 1.84. The first-order valence-electron chi connectivity index (χ1n) is 12.7. The van der Waals surface area contributed by atoms with E-state index in [1.54, 1.807) is 6.92 Å². The molecule has 0 unspecified atom stereocenters. The van der Waals surface area contributed by atoms with Crippen molar-refractivity contribution in [1.29, 1.82) is 0 Å². The highest BCUT2D eigenvalue weighted by Crippen LogP contribution is 2.38. The standard InChI is InChI=1S/C25H36ClF2N5O5S/c1-6-33-21(16-12-29-18(30-13-24(2,3)4)11-17(16)38-23(27)28)19(26)20(32-33)22(34)31-14-25(35)9-7-15(8-10-25)39(5,36)37/h11-12,15,23,35H,6-10,13-14H2,1-5H3,(H,29,30)(H,31,34)/t15-,25+. The van der Waals surface area contributed by atoms with E-state index in [-0.39, 0.29) is 59.1 Å². The lowest BCUT2D eigenvalue weighted by molar-refractivity contribution is -0.0494. The van der Waals surface area contributed by atoms with Gasteiger partial charge in [0.2, 0.25) is 0 Å². The zero-order chi connectivity index (χ0) is 29.2. The predicted octanol–water partition coefficient (Wildman–Crippen LogP) is 4.13. The fraction of sp³-hybridized carbons (Fsp3) is 0.640. The van der Waals surface area contributed by atoms with Crippen LogP contribution in [0.25, 0.3) is 11.3 Å². The molecule has 3 N–H and O–H groups in total. The number of anilines is 1. The molecule has 1 saturated carbocycles. The van der Waals surface area contributed by atoms with Gasteiger partial charge in [-0.15, -0.1) is 0 Å². The van der Waals surface area contributed by atoms with E-state index in [1.165, 1.54) is 23.2 Å². The number of aliphatic hydroxyl groups is 1. The van der Waals surface area contributed by atoms with Crippen molar-refractivity contribution in [3.05, 3.63) is 23.0 Å². The molecule has 1 fully saturated rings. The second kappa shape index (κ2) is 11.9. The third-order valence-corrected chi connectivity index (χ3v) is 8.63. The zero-order valence-corrected chi connectivity index (χ0v) is 24.3. The number of sulfone groups is 1. The number of hydrogen-bond acceptors (Lipinski definition) is 8. The van der Waals surface area contributed by atoms with Crippen molar-refractivity contribution < 1.29 is 31.8 Å². The number of halogens is 3. The van der Waals surface area contributed by atoms with Crippen LogP contribution in [0.1, 0.15) is 63.9 Å². The first-order chi connectivity index (χ1) is 18.0. The van der Waals surface area contributed by atoms with Gasteiger partial charge in [-0.25, -0.2) is 13.4 Å². The lowest BCUT2D eigenvalue weighted by Crippen LogP contribution is -2.47. The van der Waals surface area contributed by atoms with E-state index in [4.69, 9.17) is 16.3 Å². The van der Waals surface area contributed by atoms with Gasteiger partial charge in [-0.1, -0.05) is 32.4 Å². The van der Waals surface area contributed by atoms with Crippen molar-refractivity contribution in [3.8, 4) is 17.0 Å². The Bertz CT molecular complexity index is 1290. The number of nitrogens with zero attached hydrogens (tertiary/aromatic N) is 3. The molecule has 0 bridgehead atoms. The number of aryl methyl sites for hydroxylation is 1. The average molecular weight is 592 g/mol. The summed E-state index contributed by atoms with van der Waals surface area (Å²) in [5.41, 5.74) is -1.19. The SMILES string of the molecule is CCn1nc(C(=O)NC[C@]2(O)CC[C@@H](S(C)(=O)=O)CC2)c(Cl)c1-c1cnc(NCC(C)(C)C)cc1OC(F)F. The van der Waals surface area contributed by atoms with Gasteiger partial charge in [0.05, 0.1) is 27.1 Å². The Kier molecular flexibility index (Phi) is 9.49. The quantitative estimate of drug-likeness (QED) is 0.375. The van der Waals surface area contributed by atoms with Gasteiger partial charge in [-0.05, 0) is 38.0 Å². The number of alkyl halides is 2. The summed E-state index contributed by atoms with van der Waals surface area (Å²) in [6.45, 7) is 5.34. The number of hydrogen-bond donors (Lipinski definition) is 3. The minimum Gasteiger partial charge on any atom is -0.434 e. The molecule has 1 aliphatic carbocycles. The van der Waals surface area contributed by atoms with Crippen molar-refractivity contribution in [3.63, 3.8) is 0 Å². The number of carbonyl (C=O) groups excluding carboxylic acids is 1. The molecule has 39 heavy (non-hydrogen) atoms. The van der Waals surface area contributed by atoms with Crippen molar-refractivity contribution in [2.24, 2.45) is 5.41 Å². The molecule has 3 rings (SSSR count). The Morgan fingerprint density at radius 2 is 1.97 bits per heavy atom. The van der Waals surface area contributed by atoms with E-state index in [0.717, 1.165) is 0 Å². The van der Waals surface area contributed by atoms with E-state index >= 15 is 0 Å². The maximum absolute atomic E-state index is 13.3. The molecule has 0 aromatic carbocycles. The molecule has 2 aromatic rings. The molecule has 2 aromatic heterocycles. The molecule has 1 amide bonds. The minimum atomic E-state index is -3.21. The summed E-state index contributed by atoms with van der Waals surface area (Å²) in [7, 11) is -3.21. The maximum Gasteiger partial charge on any atom is 0.387 e. The van der Waals surface area contributed by atoms with Crippen LogP contribution in [-0.4, -0.2) is 71.0 Å². The Labute approximate surface area is 232 Å². The molecular weight excluding hydrogens is 556 g/mol. The van der Waals surface area contributed by atoms with Crippen molar-refractivity contribution in [2.45, 2.75) is 77.4 Å². The van der Waals surface area contributed by atoms with Crippen LogP contribution in [0, 0.1) is 5.41 Å². The maximum atomic E-state index is 13.3. The van der Waals surface area contributed by atoms with Crippen LogP contribution in [0.5, 0.6) is 5.75 Å². The van der Waals surface area contributed by atoms with Gasteiger partial charge < -0.3 is 20.5 Å². The van der Waals surface area contributed by atoms with Crippen molar-refractivity contribution >= 4 is 33.2 Å². The number of rotatable bonds is 10. The second-order valence-corrected chi connectivity index (χ2v) is 13.8. The van der Waals surface area contributed by atoms with Gasteiger partial charge in [-0.2, -0.15) is 13.9 Å². The summed E-state index contributed by atoms with van der Waals surface area (Å²) in [6, 6.07) is 1.35. The van der Waals surface area contributed by atoms with E-state index in [0.29, 0.717) is 25.2 Å². The first kappa shape index (κ1) is 31.0. The third-order valence-electron chi connectivity index (χ3n) is 6.59. The number of carbonyl (C=O) groups is 1. The molecule has 0 aliphatic heterocycles. The second-order valence-electron chi connectivity index (χ2n) is 11.1. The van der Waals surface area contributed by atoms with E-state index in [1.807, 2.05) is 20.8 Å². The Hall–Kier alpha value is -2.51. The van der Waals surface area contributed by atoms with Crippen LogP contribution in [0.4, 0.5) is 14.6 Å². The Morgan fingerprint density at radius 1 is 1.33 bits per heavy atom. The third kappa shape index (κ3) is 8.01. The number of pyridine rings is 1. The van der Waals surface area contributed by atoms with Crippen LogP contribution >= 0.6 is 11.6 Å². The molecule has 0 spiro atoms. The highest BCUT2D eigenvalue weighted by atomic mass is 35.5. The summed E-state index contributed by atoms with van der Waals surface area (Å²) >= 11 is 6.57. The predicted molar refractivity (Wildman–Crippen MR) is 145 cm³/mol. The summed E-state index contributed by atoms with van der Waals surface area (Å²) in [5, 5.41) is 20.3. The molecule has 0 saturated heterocycles. The van der Waals surface area contributed by atoms with Crippen LogP contribution in [0.2, 0.25) is 5.02 Å². The number of ether oxygens (including phenoxy) is 1. The molecule has 1 aliphatic rings. The smallest absolute Gasteiger partial charge is 0.387 e. The largest absolute Gasteiger partial charge is 0.434 e. The molecule has 14 heteroatoms. The summed E-state index contributed by atoms with van der Waals surface area (Å²) in [5.74, 6) is -0.517. The zero-order valence-electron chi connectivity index (χ0n) is 22.7. The molecular formula is C25H36ClF2N5O5S. The molecule has 218 valence electrons. The molecule has 0 radical (unpaired) electrons. The van der Waals surface area contributed by atoms with Crippen LogP contribution in [0.3, 0.4) is 0 Å². The fourth-order valence-corrected chi connectivity index (χ4v) is 5.81. The van der Waals surface area contributed by atoms with Crippen molar-refractivity contribution in [1.82, 2.24) is 20.1 Å². The van der Waals surface area contributed by atoms with Crippen LogP contribution in [-0.2, 0) is 16.4 Å². The Morgan fingerprint density at radius 3 is 2.51 bits per heavy atom. The average Bonchev–Trinajstić information content (AvgIpc) is 3.16. The van der Waals surface area contributed by atoms with Gasteiger partial charge in [0.15, 0.2) is 5.69 Å². The van der Waals surface area contributed by atoms with Gasteiger partial charge >= 0.3 is 6.61 Å². The van der Waals surface area contributed by atoms with Crippen LogP contribution in [0.15, 0.2) is 12.3 Å². The van der Waals surface area contributed by atoms with E-state index < -0.39 is 33.2 Å². The van der Waals surface area contributed by atoms with Crippen LogP contribution < -0.4 is 15.4 Å². The topological polar surface area (TPSA) is 135 Å². The summed E-state index contributed by atoms with van der Waals surface area (Å²) in [4.78, 5) is 17.3. The lowest BCUT2D eigenvalue weighted by atomic mass is 9.84. The highest BCUT2D eigenvalue weighted by Gasteiger charge is 2.37. The molecule has 2 heterocycles. The summed E-state index contributed by atoms with van der Waals surface area (Å²) < 4.78 is 56.4. The minimum absolute atomic E-state index is 0.0848. The van der Waals surface area contributed by atoms with E-state index in [2.05, 4.69) is 20.7 Å². The number of nitrogens with one attached hydrogen (secondary N) is 2. The number of aromatic nitrogens is 3. The number of amides is 1. The van der Waals surface area contributed by atoms with Gasteiger partial charge in [-0.3, -0.25) is 9.48 Å². The van der Waals surface area contributed by atoms with Gasteiger partial charge in [0, 0.05) is 38.2 Å². The van der Waals surface area contributed by atoms with E-state index in [9.17, 15) is 27.1 Å². The molecule has 10 nitrogen and oxygen atoms in total.